The molecule has 1 aliphatic heterocycles. The highest BCUT2D eigenvalue weighted by atomic mass is 16.3. The van der Waals surface area contributed by atoms with E-state index in [1.54, 1.807) is 23.1 Å². The van der Waals surface area contributed by atoms with Crippen LogP contribution in [0.3, 0.4) is 0 Å². The second kappa shape index (κ2) is 8.67. The number of tetrazole rings is 1. The van der Waals surface area contributed by atoms with Crippen LogP contribution in [0.5, 0.6) is 0 Å². The smallest absolute Gasteiger partial charge is 0.290 e. The monoisotopic (exact) mass is 361 g/mol. The number of nitrogens with zero attached hydrogens (tertiary/aromatic N) is 5. The quantitative estimate of drug-likeness (QED) is 0.620. The Morgan fingerprint density at radius 1 is 1.35 bits per heavy atom. The van der Waals surface area contributed by atoms with Crippen molar-refractivity contribution in [3.63, 3.8) is 0 Å². The van der Waals surface area contributed by atoms with Gasteiger partial charge in [-0.25, -0.2) is 0 Å². The number of carboxylic acid groups (broad SMARTS) is 1. The normalized spacial score (nSPS) is 13.4. The van der Waals surface area contributed by atoms with Crippen molar-refractivity contribution in [2.75, 3.05) is 39.0 Å². The molecule has 138 valence electrons. The third-order valence-corrected chi connectivity index (χ3v) is 3.57. The molecule has 0 saturated heterocycles. The second-order valence-electron chi connectivity index (χ2n) is 5.68. The highest BCUT2D eigenvalue weighted by Crippen LogP contribution is 2.26. The van der Waals surface area contributed by atoms with Gasteiger partial charge in [-0.3, -0.25) is 14.4 Å². The van der Waals surface area contributed by atoms with Crippen LogP contribution in [0.15, 0.2) is 18.2 Å². The summed E-state index contributed by atoms with van der Waals surface area (Å²) < 4.78 is 0. The van der Waals surface area contributed by atoms with Crippen molar-refractivity contribution in [3.05, 3.63) is 23.8 Å². The number of fused-ring (bicyclic) bond motifs is 1. The summed E-state index contributed by atoms with van der Waals surface area (Å²) in [5.74, 6) is 0.0178. The minimum atomic E-state index is -0.250. The largest absolute Gasteiger partial charge is 0.483 e. The topological polar surface area (TPSA) is 144 Å². The molecule has 3 N–H and O–H groups in total. The number of likely N-dealkylation sites (N-methyl/N-ethyl adjacent to an activating group) is 1. The number of H-pyrrole nitrogens is 1. The summed E-state index contributed by atoms with van der Waals surface area (Å²) in [4.78, 5) is 36.6. The first-order valence-electron chi connectivity index (χ1n) is 7.65. The molecule has 0 radical (unpaired) electrons. The van der Waals surface area contributed by atoms with Gasteiger partial charge in [-0.1, -0.05) is 6.07 Å². The summed E-state index contributed by atoms with van der Waals surface area (Å²) in [5, 5.41) is 23.3. The van der Waals surface area contributed by atoms with Crippen molar-refractivity contribution in [3.8, 4) is 11.4 Å². The van der Waals surface area contributed by atoms with E-state index in [1.807, 2.05) is 19.0 Å². The first-order chi connectivity index (χ1) is 12.5. The highest BCUT2D eigenvalue weighted by Gasteiger charge is 2.26. The van der Waals surface area contributed by atoms with E-state index in [0.717, 1.165) is 0 Å². The van der Waals surface area contributed by atoms with Crippen molar-refractivity contribution in [2.24, 2.45) is 0 Å². The summed E-state index contributed by atoms with van der Waals surface area (Å²) in [6, 6.07) is 5.10. The van der Waals surface area contributed by atoms with E-state index in [9.17, 15) is 9.59 Å². The van der Waals surface area contributed by atoms with E-state index in [1.165, 1.54) is 0 Å². The zero-order valence-electron chi connectivity index (χ0n) is 14.3. The fourth-order valence-electron chi connectivity index (χ4n) is 2.36. The molecule has 1 aromatic carbocycles. The number of aromatic amines is 1. The van der Waals surface area contributed by atoms with Crippen LogP contribution in [0.2, 0.25) is 0 Å². The predicted molar refractivity (Wildman–Crippen MR) is 91.4 cm³/mol. The van der Waals surface area contributed by atoms with Gasteiger partial charge in [0.25, 0.3) is 12.4 Å². The number of nitrogens with one attached hydrogen (secondary N) is 2. The molecular weight excluding hydrogens is 342 g/mol. The van der Waals surface area contributed by atoms with E-state index in [2.05, 4.69) is 25.9 Å². The summed E-state index contributed by atoms with van der Waals surface area (Å²) >= 11 is 0. The molecule has 11 nitrogen and oxygen atoms in total. The van der Waals surface area contributed by atoms with Crippen molar-refractivity contribution >= 4 is 24.0 Å². The van der Waals surface area contributed by atoms with E-state index >= 15 is 0 Å². The number of hydrogen-bond acceptors (Lipinski definition) is 7. The lowest BCUT2D eigenvalue weighted by Crippen LogP contribution is -2.39. The van der Waals surface area contributed by atoms with Gasteiger partial charge < -0.3 is 20.2 Å². The first-order valence-corrected chi connectivity index (χ1v) is 7.65. The van der Waals surface area contributed by atoms with Gasteiger partial charge in [-0.05, 0) is 31.4 Å². The van der Waals surface area contributed by atoms with E-state index in [-0.39, 0.29) is 24.8 Å². The van der Waals surface area contributed by atoms with Gasteiger partial charge in [-0.2, -0.15) is 5.21 Å². The molecule has 0 aliphatic carbocycles. The lowest BCUT2D eigenvalue weighted by atomic mass is 10.1. The first kappa shape index (κ1) is 19.0. The summed E-state index contributed by atoms with van der Waals surface area (Å²) in [6.45, 7) is 0.972. The highest BCUT2D eigenvalue weighted by molar-refractivity contribution is 6.09. The molecule has 1 aromatic heterocycles. The number of anilines is 1. The maximum absolute atomic E-state index is 12.7. The Balaban J connectivity index is 0.000000758. The average molecular weight is 361 g/mol. The fraction of sp³-hybridized carbons (Fsp3) is 0.333. The van der Waals surface area contributed by atoms with Crippen LogP contribution >= 0.6 is 0 Å². The second-order valence-corrected chi connectivity index (χ2v) is 5.68. The molecule has 2 aromatic rings. The van der Waals surface area contributed by atoms with Crippen LogP contribution in [0.1, 0.15) is 10.4 Å². The molecule has 0 spiro atoms. The van der Waals surface area contributed by atoms with Gasteiger partial charge in [0.1, 0.15) is 6.54 Å². The molecule has 1 aliphatic rings. The molecule has 0 fully saturated rings. The van der Waals surface area contributed by atoms with Gasteiger partial charge in [0.05, 0.1) is 11.3 Å². The average Bonchev–Trinajstić information content (AvgIpc) is 3.09. The summed E-state index contributed by atoms with van der Waals surface area (Å²) in [6.07, 6.45) is 0. The molecule has 11 heteroatoms. The number of rotatable bonds is 4. The van der Waals surface area contributed by atoms with Crippen molar-refractivity contribution in [1.29, 1.82) is 0 Å². The molecule has 0 bridgehead atoms. The fourth-order valence-corrected chi connectivity index (χ4v) is 2.36. The maximum atomic E-state index is 12.7. The Hall–Kier alpha value is -3.34. The number of benzene rings is 1. The lowest BCUT2D eigenvalue weighted by molar-refractivity contribution is -0.123. The molecule has 3 rings (SSSR count). The van der Waals surface area contributed by atoms with Gasteiger partial charge in [-0.15, -0.1) is 10.2 Å². The molecule has 26 heavy (non-hydrogen) atoms. The molecule has 2 amide bonds. The van der Waals surface area contributed by atoms with E-state index in [0.29, 0.717) is 35.7 Å². The van der Waals surface area contributed by atoms with Crippen molar-refractivity contribution in [1.82, 2.24) is 30.4 Å². The number of carbonyl (C=O) groups is 3. The van der Waals surface area contributed by atoms with Crippen LogP contribution in [0.4, 0.5) is 5.69 Å². The van der Waals surface area contributed by atoms with Crippen LogP contribution in [-0.4, -0.2) is 87.5 Å². The van der Waals surface area contributed by atoms with Crippen LogP contribution < -0.4 is 5.32 Å². The summed E-state index contributed by atoms with van der Waals surface area (Å²) in [7, 11) is 3.85. The SMILES string of the molecule is CN(C)CCN1CC(=O)Nc2cc(-c3nn[nH]n3)ccc2C1=O.O=CO. The predicted octanol–water partition coefficient (Wildman–Crippen LogP) is -0.477. The zero-order valence-corrected chi connectivity index (χ0v) is 14.3. The summed E-state index contributed by atoms with van der Waals surface area (Å²) in [5.41, 5.74) is 1.60. The number of aromatic nitrogens is 4. The number of amides is 2. The Morgan fingerprint density at radius 2 is 2.08 bits per heavy atom. The number of hydrogen-bond donors (Lipinski definition) is 3. The van der Waals surface area contributed by atoms with Gasteiger partial charge in [0.15, 0.2) is 0 Å². The van der Waals surface area contributed by atoms with Crippen LogP contribution in [0.25, 0.3) is 11.4 Å². The lowest BCUT2D eigenvalue weighted by Gasteiger charge is -2.21. The zero-order chi connectivity index (χ0) is 19.1. The Labute approximate surface area is 149 Å². The van der Waals surface area contributed by atoms with Gasteiger partial charge in [0.2, 0.25) is 11.7 Å². The van der Waals surface area contributed by atoms with Crippen molar-refractivity contribution < 1.29 is 19.5 Å². The Bertz CT molecular complexity index is 776. The third kappa shape index (κ3) is 4.60. The van der Waals surface area contributed by atoms with Crippen LogP contribution in [0, 0.1) is 0 Å². The third-order valence-electron chi connectivity index (χ3n) is 3.57. The molecule has 0 atom stereocenters. The minimum absolute atomic E-state index is 0.0406. The Morgan fingerprint density at radius 3 is 2.69 bits per heavy atom. The number of carbonyl (C=O) groups excluding carboxylic acids is 2. The maximum Gasteiger partial charge on any atom is 0.290 e. The molecule has 0 saturated carbocycles. The van der Waals surface area contributed by atoms with Gasteiger partial charge in [0, 0.05) is 18.7 Å². The van der Waals surface area contributed by atoms with Crippen molar-refractivity contribution in [2.45, 2.75) is 0 Å². The minimum Gasteiger partial charge on any atom is -0.483 e. The van der Waals surface area contributed by atoms with E-state index in [4.69, 9.17) is 9.90 Å². The van der Waals surface area contributed by atoms with E-state index < -0.39 is 0 Å². The molecule has 0 unspecified atom stereocenters. The Kier molecular flexibility index (Phi) is 6.33. The van der Waals surface area contributed by atoms with Gasteiger partial charge >= 0.3 is 0 Å². The molecule has 2 heterocycles. The van der Waals surface area contributed by atoms with Crippen LogP contribution in [-0.2, 0) is 9.59 Å². The standard InChI is InChI=1S/C14H17N7O2.CH2O2/c1-20(2)5-6-21-8-12(22)15-11-7-9(13-16-18-19-17-13)3-4-10(11)14(21)23;2-1-3/h3-4,7H,5-6,8H2,1-2H3,(H,15,22)(H,16,17,18,19);1H,(H,2,3). The molecular formula is C15H19N7O4.